The normalized spacial score (nSPS) is 18.3. The lowest BCUT2D eigenvalue weighted by Gasteiger charge is -2.24. The van der Waals surface area contributed by atoms with E-state index >= 15 is 0 Å². The molecule has 1 N–H and O–H groups in total. The van der Waals surface area contributed by atoms with Crippen molar-refractivity contribution in [2.45, 2.75) is 51.6 Å². The Morgan fingerprint density at radius 3 is 2.95 bits per heavy atom. The minimum atomic E-state index is -0.0883. The molecule has 6 nitrogen and oxygen atoms in total. The van der Waals surface area contributed by atoms with Crippen molar-refractivity contribution in [2.75, 3.05) is 0 Å². The van der Waals surface area contributed by atoms with Crippen LogP contribution >= 0.6 is 11.5 Å². The Labute approximate surface area is 127 Å². The van der Waals surface area contributed by atoms with Gasteiger partial charge in [0, 0.05) is 30.6 Å². The fourth-order valence-corrected chi connectivity index (χ4v) is 2.87. The molecule has 21 heavy (non-hydrogen) atoms. The summed E-state index contributed by atoms with van der Waals surface area (Å²) < 4.78 is 5.88. The number of aromatic nitrogens is 4. The molecule has 0 bridgehead atoms. The predicted molar refractivity (Wildman–Crippen MR) is 80.4 cm³/mol. The SMILES string of the molecule is CC(C)(C)c1cn2c(n1)CCC(NC(=O)c1cnns1)C2. The maximum absolute atomic E-state index is 12.0. The first-order valence-corrected chi connectivity index (χ1v) is 7.85. The maximum Gasteiger partial charge on any atom is 0.264 e. The van der Waals surface area contributed by atoms with Crippen LogP contribution in [0.2, 0.25) is 0 Å². The number of amides is 1. The van der Waals surface area contributed by atoms with E-state index in [0.717, 1.165) is 42.4 Å². The van der Waals surface area contributed by atoms with E-state index in [4.69, 9.17) is 4.98 Å². The van der Waals surface area contributed by atoms with E-state index in [9.17, 15) is 4.79 Å². The number of imidazole rings is 1. The van der Waals surface area contributed by atoms with E-state index in [1.54, 1.807) is 0 Å². The number of fused-ring (bicyclic) bond motifs is 1. The van der Waals surface area contributed by atoms with Crippen molar-refractivity contribution in [1.29, 1.82) is 0 Å². The lowest BCUT2D eigenvalue weighted by molar-refractivity contribution is 0.0931. The summed E-state index contributed by atoms with van der Waals surface area (Å²) in [5, 5.41) is 6.75. The lowest BCUT2D eigenvalue weighted by atomic mass is 9.93. The summed E-state index contributed by atoms with van der Waals surface area (Å²) in [6, 6.07) is 0.133. The zero-order chi connectivity index (χ0) is 15.0. The van der Waals surface area contributed by atoms with Crippen molar-refractivity contribution in [3.63, 3.8) is 0 Å². The quantitative estimate of drug-likeness (QED) is 0.918. The highest BCUT2D eigenvalue weighted by atomic mass is 32.1. The molecule has 0 fully saturated rings. The molecule has 2 aromatic heterocycles. The van der Waals surface area contributed by atoms with Crippen LogP contribution in [0.15, 0.2) is 12.4 Å². The van der Waals surface area contributed by atoms with E-state index in [2.05, 4.69) is 46.4 Å². The summed E-state index contributed by atoms with van der Waals surface area (Å²) >= 11 is 1.12. The third-order valence-corrected chi connectivity index (χ3v) is 4.34. The average Bonchev–Trinajstić information content (AvgIpc) is 3.06. The maximum atomic E-state index is 12.0. The van der Waals surface area contributed by atoms with Crippen molar-refractivity contribution in [2.24, 2.45) is 0 Å². The molecule has 2 aromatic rings. The molecular weight excluding hydrogens is 286 g/mol. The molecule has 1 unspecified atom stereocenters. The van der Waals surface area contributed by atoms with Crippen molar-refractivity contribution in [1.82, 2.24) is 24.5 Å². The summed E-state index contributed by atoms with van der Waals surface area (Å²) in [6.07, 6.45) is 5.42. The summed E-state index contributed by atoms with van der Waals surface area (Å²) in [5.74, 6) is 1.03. The number of carbonyl (C=O) groups excluding carboxylic acids is 1. The summed E-state index contributed by atoms with van der Waals surface area (Å²) in [5.41, 5.74) is 1.16. The third kappa shape index (κ3) is 2.97. The van der Waals surface area contributed by atoms with Gasteiger partial charge >= 0.3 is 0 Å². The standard InChI is InChI=1S/C14H19N5OS/c1-14(2,3)11-8-19-7-9(4-5-12(19)17-11)16-13(20)10-6-15-18-21-10/h6,8-9H,4-5,7H2,1-3H3,(H,16,20). The number of nitrogens with zero attached hydrogens (tertiary/aromatic N) is 4. The van der Waals surface area contributed by atoms with Gasteiger partial charge in [-0.05, 0) is 18.0 Å². The van der Waals surface area contributed by atoms with E-state index in [1.807, 2.05) is 0 Å². The molecule has 3 rings (SSSR count). The van der Waals surface area contributed by atoms with Gasteiger partial charge in [0.2, 0.25) is 0 Å². The Morgan fingerprint density at radius 1 is 1.48 bits per heavy atom. The van der Waals surface area contributed by atoms with Crippen LogP contribution in [0.4, 0.5) is 0 Å². The zero-order valence-corrected chi connectivity index (χ0v) is 13.3. The molecule has 1 amide bonds. The van der Waals surface area contributed by atoms with Gasteiger partial charge in [0.1, 0.15) is 10.7 Å². The molecule has 1 aliphatic heterocycles. The number of rotatable bonds is 2. The van der Waals surface area contributed by atoms with Crippen LogP contribution in [-0.4, -0.2) is 31.1 Å². The molecule has 1 atom stereocenters. The number of nitrogens with one attached hydrogen (secondary N) is 1. The highest BCUT2D eigenvalue weighted by Crippen LogP contribution is 2.24. The second-order valence-corrected chi connectivity index (χ2v) is 7.22. The molecule has 0 radical (unpaired) electrons. The Kier molecular flexibility index (Phi) is 3.52. The molecule has 0 spiro atoms. The van der Waals surface area contributed by atoms with Crippen molar-refractivity contribution in [3.05, 3.63) is 28.8 Å². The second kappa shape index (κ2) is 5.22. The predicted octanol–water partition coefficient (Wildman–Crippen LogP) is 1.78. The smallest absolute Gasteiger partial charge is 0.264 e. The zero-order valence-electron chi connectivity index (χ0n) is 12.5. The van der Waals surface area contributed by atoms with E-state index in [1.165, 1.54) is 6.20 Å². The number of hydrogen-bond donors (Lipinski definition) is 1. The molecule has 3 heterocycles. The largest absolute Gasteiger partial charge is 0.347 e. The minimum Gasteiger partial charge on any atom is -0.347 e. The van der Waals surface area contributed by atoms with E-state index < -0.39 is 0 Å². The topological polar surface area (TPSA) is 72.7 Å². The Hall–Kier alpha value is -1.76. The van der Waals surface area contributed by atoms with Crippen LogP contribution in [0, 0.1) is 0 Å². The Morgan fingerprint density at radius 2 is 2.29 bits per heavy atom. The van der Waals surface area contributed by atoms with Crippen LogP contribution in [0.25, 0.3) is 0 Å². The van der Waals surface area contributed by atoms with Crippen LogP contribution in [0.1, 0.15) is 48.4 Å². The van der Waals surface area contributed by atoms with Gasteiger partial charge in [0.05, 0.1) is 11.9 Å². The Bertz CT molecular complexity index is 641. The molecule has 0 aromatic carbocycles. The van der Waals surface area contributed by atoms with Crippen LogP contribution in [0.3, 0.4) is 0 Å². The molecule has 0 saturated carbocycles. The number of aryl methyl sites for hydroxylation is 1. The first-order valence-electron chi connectivity index (χ1n) is 7.08. The van der Waals surface area contributed by atoms with Crippen LogP contribution in [-0.2, 0) is 18.4 Å². The average molecular weight is 305 g/mol. The lowest BCUT2D eigenvalue weighted by Crippen LogP contribution is -2.40. The van der Waals surface area contributed by atoms with Gasteiger partial charge in [0.25, 0.3) is 5.91 Å². The van der Waals surface area contributed by atoms with Crippen molar-refractivity contribution < 1.29 is 4.79 Å². The summed E-state index contributed by atoms with van der Waals surface area (Å²) in [4.78, 5) is 17.3. The van der Waals surface area contributed by atoms with Gasteiger partial charge in [-0.15, -0.1) is 5.10 Å². The molecule has 7 heteroatoms. The molecule has 0 aliphatic carbocycles. The monoisotopic (exact) mass is 305 g/mol. The molecular formula is C14H19N5OS. The van der Waals surface area contributed by atoms with Crippen LogP contribution in [0.5, 0.6) is 0 Å². The van der Waals surface area contributed by atoms with Crippen molar-refractivity contribution >= 4 is 17.4 Å². The van der Waals surface area contributed by atoms with Gasteiger partial charge in [-0.1, -0.05) is 25.3 Å². The highest BCUT2D eigenvalue weighted by Gasteiger charge is 2.25. The molecule has 1 aliphatic rings. The third-order valence-electron chi connectivity index (χ3n) is 3.68. The van der Waals surface area contributed by atoms with Gasteiger partial charge in [0.15, 0.2) is 0 Å². The molecule has 112 valence electrons. The van der Waals surface area contributed by atoms with Crippen LogP contribution < -0.4 is 5.32 Å². The summed E-state index contributed by atoms with van der Waals surface area (Å²) in [6.45, 7) is 7.27. The van der Waals surface area contributed by atoms with E-state index in [0.29, 0.717) is 4.88 Å². The second-order valence-electron chi connectivity index (χ2n) is 6.44. The first-order chi connectivity index (χ1) is 9.93. The van der Waals surface area contributed by atoms with Gasteiger partial charge in [-0.25, -0.2) is 4.98 Å². The minimum absolute atomic E-state index is 0.0530. The van der Waals surface area contributed by atoms with E-state index in [-0.39, 0.29) is 17.4 Å². The highest BCUT2D eigenvalue weighted by molar-refractivity contribution is 7.07. The van der Waals surface area contributed by atoms with Gasteiger partial charge < -0.3 is 9.88 Å². The first kappa shape index (κ1) is 14.2. The number of carbonyl (C=O) groups is 1. The fourth-order valence-electron chi connectivity index (χ4n) is 2.45. The number of hydrogen-bond acceptors (Lipinski definition) is 5. The van der Waals surface area contributed by atoms with Crippen molar-refractivity contribution in [3.8, 4) is 0 Å². The summed E-state index contributed by atoms with van der Waals surface area (Å²) in [7, 11) is 0. The van der Waals surface area contributed by atoms with Gasteiger partial charge in [-0.3, -0.25) is 4.79 Å². The Balaban J connectivity index is 1.70. The molecule has 0 saturated heterocycles. The fraction of sp³-hybridized carbons (Fsp3) is 0.571. The van der Waals surface area contributed by atoms with Gasteiger partial charge in [-0.2, -0.15) is 0 Å².